The Morgan fingerprint density at radius 3 is 2.57 bits per heavy atom. The van der Waals surface area contributed by atoms with E-state index < -0.39 is 21.7 Å². The first-order chi connectivity index (χ1) is 9.72. The van der Waals surface area contributed by atoms with Crippen molar-refractivity contribution >= 4 is 33.0 Å². The molecule has 0 aliphatic heterocycles. The number of thiazole rings is 1. The second-order valence-electron chi connectivity index (χ2n) is 4.35. The summed E-state index contributed by atoms with van der Waals surface area (Å²) >= 11 is 0.725. The smallest absolute Gasteiger partial charge is 0.356 e. The van der Waals surface area contributed by atoms with Crippen LogP contribution in [0.3, 0.4) is 0 Å². The molecule has 2 rings (SSSR count). The highest BCUT2D eigenvalue weighted by Crippen LogP contribution is 2.28. The maximum absolute atomic E-state index is 12.3. The topological polar surface area (TPSA) is 117 Å². The summed E-state index contributed by atoms with van der Waals surface area (Å²) in [6, 6.07) is 2.90. The molecule has 0 bridgehead atoms. The van der Waals surface area contributed by atoms with Gasteiger partial charge in [-0.25, -0.2) is 18.2 Å². The van der Waals surface area contributed by atoms with Crippen molar-refractivity contribution in [2.24, 2.45) is 0 Å². The second-order valence-corrected chi connectivity index (χ2v) is 7.09. The largest absolute Gasteiger partial charge is 0.508 e. The molecular weight excluding hydrogens is 316 g/mol. The van der Waals surface area contributed by atoms with Gasteiger partial charge in [0, 0.05) is 0 Å². The number of aromatic hydroxyl groups is 1. The first-order valence-corrected chi connectivity index (χ1v) is 8.08. The summed E-state index contributed by atoms with van der Waals surface area (Å²) in [5.41, 5.74) is 1.94. The van der Waals surface area contributed by atoms with Gasteiger partial charge in [0.15, 0.2) is 9.90 Å². The van der Waals surface area contributed by atoms with Crippen LogP contribution >= 0.6 is 11.3 Å². The fourth-order valence-electron chi connectivity index (χ4n) is 1.67. The molecule has 0 unspecified atom stereocenters. The van der Waals surface area contributed by atoms with Crippen molar-refractivity contribution in [2.75, 3.05) is 4.72 Å². The number of hydrogen-bond donors (Lipinski definition) is 3. The molecule has 1 aromatic heterocycles. The number of benzene rings is 1. The predicted molar refractivity (Wildman–Crippen MR) is 77.5 cm³/mol. The third kappa shape index (κ3) is 2.98. The van der Waals surface area contributed by atoms with Gasteiger partial charge in [0.2, 0.25) is 0 Å². The van der Waals surface area contributed by atoms with Crippen molar-refractivity contribution < 1.29 is 23.4 Å². The van der Waals surface area contributed by atoms with Crippen molar-refractivity contribution in [1.82, 2.24) is 4.98 Å². The number of carboxylic acids is 1. The first kappa shape index (κ1) is 15.3. The Balaban J connectivity index is 2.45. The van der Waals surface area contributed by atoms with Gasteiger partial charge in [-0.05, 0) is 37.1 Å². The number of nitrogens with one attached hydrogen (secondary N) is 1. The molecule has 0 spiro atoms. The molecule has 112 valence electrons. The highest BCUT2D eigenvalue weighted by Gasteiger charge is 2.26. The van der Waals surface area contributed by atoms with Crippen LogP contribution in [0.4, 0.5) is 5.69 Å². The lowest BCUT2D eigenvalue weighted by Gasteiger charge is -2.11. The molecule has 0 fully saturated rings. The molecule has 21 heavy (non-hydrogen) atoms. The van der Waals surface area contributed by atoms with Gasteiger partial charge in [-0.3, -0.25) is 4.72 Å². The highest BCUT2D eigenvalue weighted by atomic mass is 32.2. The minimum atomic E-state index is -4.05. The summed E-state index contributed by atoms with van der Waals surface area (Å²) in [6.45, 7) is 3.25. The van der Waals surface area contributed by atoms with Crippen LogP contribution < -0.4 is 4.72 Å². The van der Waals surface area contributed by atoms with E-state index in [2.05, 4.69) is 9.71 Å². The maximum atomic E-state index is 12.3. The van der Waals surface area contributed by atoms with Crippen LogP contribution in [0.25, 0.3) is 0 Å². The van der Waals surface area contributed by atoms with E-state index in [-0.39, 0.29) is 15.6 Å². The number of rotatable bonds is 4. The van der Waals surface area contributed by atoms with Gasteiger partial charge in [0.1, 0.15) is 5.75 Å². The van der Waals surface area contributed by atoms with E-state index in [9.17, 15) is 18.3 Å². The highest BCUT2D eigenvalue weighted by molar-refractivity contribution is 7.94. The van der Waals surface area contributed by atoms with Crippen molar-refractivity contribution in [1.29, 1.82) is 0 Å². The number of phenols is 1. The number of sulfonamides is 1. The summed E-state index contributed by atoms with van der Waals surface area (Å²) in [5, 5.41) is 18.5. The Hall–Kier alpha value is -2.13. The number of aromatic carboxylic acids is 1. The minimum absolute atomic E-state index is 0.0551. The monoisotopic (exact) mass is 328 g/mol. The van der Waals surface area contributed by atoms with Crippen LogP contribution in [-0.2, 0) is 10.0 Å². The van der Waals surface area contributed by atoms with Crippen LogP contribution in [0.15, 0.2) is 21.9 Å². The van der Waals surface area contributed by atoms with E-state index in [1.807, 2.05) is 0 Å². The zero-order valence-electron chi connectivity index (χ0n) is 11.1. The molecular formula is C12H12N2O5S2. The zero-order valence-corrected chi connectivity index (χ0v) is 12.7. The summed E-state index contributed by atoms with van der Waals surface area (Å²) in [4.78, 5) is 14.5. The molecule has 0 saturated carbocycles. The Bertz CT molecular complexity index is 811. The standard InChI is InChI=1S/C12H12N2O5S2/c1-6-4-9(15)7(2)3-8(6)14-21(18,19)12-10(11(16)17)13-5-20-12/h3-5,14-15H,1-2H3,(H,16,17). The Labute approximate surface area is 125 Å². The number of aromatic nitrogens is 1. The van der Waals surface area contributed by atoms with E-state index in [0.717, 1.165) is 16.8 Å². The van der Waals surface area contributed by atoms with Crippen molar-refractivity contribution in [3.05, 3.63) is 34.5 Å². The number of nitrogens with zero attached hydrogens (tertiary/aromatic N) is 1. The molecule has 3 N–H and O–H groups in total. The minimum Gasteiger partial charge on any atom is -0.508 e. The number of anilines is 1. The van der Waals surface area contributed by atoms with Crippen molar-refractivity contribution in [2.45, 2.75) is 18.1 Å². The van der Waals surface area contributed by atoms with Crippen LogP contribution in [-0.4, -0.2) is 29.6 Å². The second kappa shape index (κ2) is 5.34. The number of carbonyl (C=O) groups is 1. The van der Waals surface area contributed by atoms with Crippen molar-refractivity contribution in [3.8, 4) is 5.75 Å². The molecule has 2 aromatic rings. The summed E-state index contributed by atoms with van der Waals surface area (Å²) in [5.74, 6) is -1.35. The number of hydrogen-bond acceptors (Lipinski definition) is 6. The molecule has 7 nitrogen and oxygen atoms in total. The first-order valence-electron chi connectivity index (χ1n) is 5.72. The average Bonchev–Trinajstić information content (AvgIpc) is 2.85. The van der Waals surface area contributed by atoms with Gasteiger partial charge in [0.05, 0.1) is 11.2 Å². The van der Waals surface area contributed by atoms with E-state index in [1.54, 1.807) is 13.8 Å². The predicted octanol–water partition coefficient (Wildman–Crippen LogP) is 1.96. The van der Waals surface area contributed by atoms with Gasteiger partial charge in [-0.15, -0.1) is 11.3 Å². The Morgan fingerprint density at radius 2 is 1.95 bits per heavy atom. The Kier molecular flexibility index (Phi) is 3.88. The van der Waals surface area contributed by atoms with Crippen LogP contribution in [0, 0.1) is 13.8 Å². The number of carboxylic acid groups (broad SMARTS) is 1. The lowest BCUT2D eigenvalue weighted by Crippen LogP contribution is -2.16. The molecule has 0 saturated heterocycles. The lowest BCUT2D eigenvalue weighted by atomic mass is 10.1. The van der Waals surface area contributed by atoms with Gasteiger partial charge in [-0.2, -0.15) is 0 Å². The van der Waals surface area contributed by atoms with E-state index in [0.29, 0.717) is 11.1 Å². The van der Waals surface area contributed by atoms with Crippen molar-refractivity contribution in [3.63, 3.8) is 0 Å². The molecule has 1 aromatic carbocycles. The quantitative estimate of drug-likeness (QED) is 0.739. The molecule has 0 amide bonds. The fourth-order valence-corrected chi connectivity index (χ4v) is 3.93. The van der Waals surface area contributed by atoms with E-state index in [4.69, 9.17) is 5.11 Å². The molecule has 0 atom stereocenters. The van der Waals surface area contributed by atoms with Gasteiger partial charge in [-0.1, -0.05) is 0 Å². The summed E-state index contributed by atoms with van der Waals surface area (Å²) in [7, 11) is -4.05. The average molecular weight is 328 g/mol. The SMILES string of the molecule is Cc1cc(NS(=O)(=O)c2scnc2C(=O)O)c(C)cc1O. The van der Waals surface area contributed by atoms with E-state index >= 15 is 0 Å². The van der Waals surface area contributed by atoms with Crippen LogP contribution in [0.5, 0.6) is 5.75 Å². The van der Waals surface area contributed by atoms with Gasteiger partial charge >= 0.3 is 5.97 Å². The lowest BCUT2D eigenvalue weighted by molar-refractivity contribution is 0.0687. The third-order valence-corrected chi connectivity index (χ3v) is 5.50. The summed E-state index contributed by atoms with van der Waals surface area (Å²) in [6.07, 6.45) is 0. The number of aryl methyl sites for hydroxylation is 2. The number of phenolic OH excluding ortho intramolecular Hbond substituents is 1. The van der Waals surface area contributed by atoms with Gasteiger partial charge in [0.25, 0.3) is 10.0 Å². The third-order valence-electron chi connectivity index (χ3n) is 2.77. The van der Waals surface area contributed by atoms with Gasteiger partial charge < -0.3 is 10.2 Å². The Morgan fingerprint density at radius 1 is 1.29 bits per heavy atom. The molecule has 0 aliphatic carbocycles. The maximum Gasteiger partial charge on any atom is 0.356 e. The van der Waals surface area contributed by atoms with Crippen LogP contribution in [0.2, 0.25) is 0 Å². The normalized spacial score (nSPS) is 11.3. The molecule has 0 radical (unpaired) electrons. The van der Waals surface area contributed by atoms with Crippen LogP contribution in [0.1, 0.15) is 21.6 Å². The zero-order chi connectivity index (χ0) is 15.8. The molecule has 1 heterocycles. The molecule has 9 heteroatoms. The van der Waals surface area contributed by atoms with E-state index in [1.165, 1.54) is 12.1 Å². The fraction of sp³-hybridized carbons (Fsp3) is 0.167. The molecule has 0 aliphatic rings. The summed E-state index contributed by atoms with van der Waals surface area (Å²) < 4.78 is 26.5.